The molecule has 2 aromatic rings. The molecule has 0 radical (unpaired) electrons. The van der Waals surface area contributed by atoms with Gasteiger partial charge in [0.1, 0.15) is 11.5 Å². The van der Waals surface area contributed by atoms with Crippen LogP contribution < -0.4 is 9.47 Å². The first kappa shape index (κ1) is 18.5. The Kier molecular flexibility index (Phi) is 5.46. The maximum atomic E-state index is 12.5. The molecular formula is C18H15F3O4. The van der Waals surface area contributed by atoms with Crippen molar-refractivity contribution in [3.8, 4) is 11.5 Å². The van der Waals surface area contributed by atoms with Crippen molar-refractivity contribution in [2.75, 3.05) is 14.2 Å². The number of methoxy groups -OCH3 is 2. The lowest BCUT2D eigenvalue weighted by molar-refractivity contribution is -0.137. The molecule has 0 atom stereocenters. The van der Waals surface area contributed by atoms with E-state index < -0.39 is 29.7 Å². The average molecular weight is 352 g/mol. The SMILES string of the molecule is COc1ccc(C(=O)CC(=O)c2ccc(C(F)(F)F)cc2)c(OC)c1. The summed E-state index contributed by atoms with van der Waals surface area (Å²) in [5, 5.41) is 0. The van der Waals surface area contributed by atoms with E-state index in [4.69, 9.17) is 9.47 Å². The molecule has 0 aromatic heterocycles. The van der Waals surface area contributed by atoms with Crippen LogP contribution in [0.15, 0.2) is 42.5 Å². The molecule has 0 saturated heterocycles. The van der Waals surface area contributed by atoms with Crippen LogP contribution in [0.2, 0.25) is 0 Å². The third kappa shape index (κ3) is 4.37. The molecule has 0 aliphatic heterocycles. The minimum absolute atomic E-state index is 0.0360. The molecule has 0 bridgehead atoms. The molecule has 2 aromatic carbocycles. The van der Waals surface area contributed by atoms with Crippen LogP contribution in [0.4, 0.5) is 13.2 Å². The molecule has 132 valence electrons. The van der Waals surface area contributed by atoms with Gasteiger partial charge in [-0.05, 0) is 24.3 Å². The van der Waals surface area contributed by atoms with Gasteiger partial charge in [-0.3, -0.25) is 9.59 Å². The van der Waals surface area contributed by atoms with Gasteiger partial charge in [0.15, 0.2) is 11.6 Å². The minimum Gasteiger partial charge on any atom is -0.497 e. The van der Waals surface area contributed by atoms with Gasteiger partial charge in [-0.2, -0.15) is 13.2 Å². The first-order valence-electron chi connectivity index (χ1n) is 7.22. The fourth-order valence-electron chi connectivity index (χ4n) is 2.22. The second kappa shape index (κ2) is 7.38. The molecule has 0 saturated carbocycles. The Labute approximate surface area is 142 Å². The van der Waals surface area contributed by atoms with Gasteiger partial charge >= 0.3 is 6.18 Å². The molecule has 7 heteroatoms. The van der Waals surface area contributed by atoms with E-state index >= 15 is 0 Å². The van der Waals surface area contributed by atoms with Crippen molar-refractivity contribution in [3.05, 3.63) is 59.2 Å². The highest BCUT2D eigenvalue weighted by Gasteiger charge is 2.30. The van der Waals surface area contributed by atoms with Crippen LogP contribution in [-0.4, -0.2) is 25.8 Å². The Morgan fingerprint density at radius 3 is 2.08 bits per heavy atom. The Morgan fingerprint density at radius 2 is 1.56 bits per heavy atom. The van der Waals surface area contributed by atoms with Gasteiger partial charge in [-0.25, -0.2) is 0 Å². The fraction of sp³-hybridized carbons (Fsp3) is 0.222. The normalized spacial score (nSPS) is 11.1. The van der Waals surface area contributed by atoms with E-state index in [2.05, 4.69) is 0 Å². The van der Waals surface area contributed by atoms with Crippen molar-refractivity contribution in [2.45, 2.75) is 12.6 Å². The third-order valence-corrected chi connectivity index (χ3v) is 3.56. The molecule has 0 N–H and O–H groups in total. The predicted octanol–water partition coefficient (Wildman–Crippen LogP) is 4.18. The van der Waals surface area contributed by atoms with E-state index in [-0.39, 0.29) is 16.9 Å². The molecule has 0 fully saturated rings. The number of carbonyl (C=O) groups is 2. The number of hydrogen-bond donors (Lipinski definition) is 0. The summed E-state index contributed by atoms with van der Waals surface area (Å²) in [6.07, 6.45) is -4.96. The number of Topliss-reactive ketones (excluding diaryl/α,β-unsaturated/α-hetero) is 2. The molecule has 0 spiro atoms. The highest BCUT2D eigenvalue weighted by atomic mass is 19.4. The molecular weight excluding hydrogens is 337 g/mol. The smallest absolute Gasteiger partial charge is 0.416 e. The number of rotatable bonds is 6. The summed E-state index contributed by atoms with van der Waals surface area (Å²) in [6, 6.07) is 8.28. The largest absolute Gasteiger partial charge is 0.497 e. The quantitative estimate of drug-likeness (QED) is 0.578. The Hall–Kier alpha value is -2.83. The van der Waals surface area contributed by atoms with Crippen LogP contribution in [0.3, 0.4) is 0 Å². The van der Waals surface area contributed by atoms with Crippen LogP contribution >= 0.6 is 0 Å². The zero-order valence-corrected chi connectivity index (χ0v) is 13.5. The lowest BCUT2D eigenvalue weighted by Crippen LogP contribution is -2.11. The second-order valence-corrected chi connectivity index (χ2v) is 5.16. The first-order valence-corrected chi connectivity index (χ1v) is 7.22. The van der Waals surface area contributed by atoms with Crippen molar-refractivity contribution in [1.29, 1.82) is 0 Å². The maximum absolute atomic E-state index is 12.5. The van der Waals surface area contributed by atoms with E-state index in [0.717, 1.165) is 24.3 Å². The summed E-state index contributed by atoms with van der Waals surface area (Å²) in [5.74, 6) is -0.326. The molecule has 0 heterocycles. The summed E-state index contributed by atoms with van der Waals surface area (Å²) in [4.78, 5) is 24.5. The lowest BCUT2D eigenvalue weighted by atomic mass is 10.00. The summed E-state index contributed by atoms with van der Waals surface area (Å²) in [5.41, 5.74) is -0.621. The predicted molar refractivity (Wildman–Crippen MR) is 84.3 cm³/mol. The zero-order chi connectivity index (χ0) is 18.6. The van der Waals surface area contributed by atoms with Crippen molar-refractivity contribution in [2.24, 2.45) is 0 Å². The minimum atomic E-state index is -4.48. The number of benzene rings is 2. The number of ketones is 2. The van der Waals surface area contributed by atoms with E-state index in [1.54, 1.807) is 6.07 Å². The van der Waals surface area contributed by atoms with Crippen molar-refractivity contribution in [3.63, 3.8) is 0 Å². The van der Waals surface area contributed by atoms with E-state index in [1.165, 1.54) is 26.4 Å². The summed E-state index contributed by atoms with van der Waals surface area (Å²) < 4.78 is 47.7. The van der Waals surface area contributed by atoms with Crippen molar-refractivity contribution >= 4 is 11.6 Å². The molecule has 0 amide bonds. The fourth-order valence-corrected chi connectivity index (χ4v) is 2.22. The average Bonchev–Trinajstić information content (AvgIpc) is 2.60. The third-order valence-electron chi connectivity index (χ3n) is 3.56. The first-order chi connectivity index (χ1) is 11.8. The van der Waals surface area contributed by atoms with E-state index in [0.29, 0.717) is 5.75 Å². The van der Waals surface area contributed by atoms with Crippen LogP contribution in [0.25, 0.3) is 0 Å². The van der Waals surface area contributed by atoms with Gasteiger partial charge in [-0.1, -0.05) is 12.1 Å². The summed E-state index contributed by atoms with van der Waals surface area (Å²) >= 11 is 0. The van der Waals surface area contributed by atoms with Gasteiger partial charge in [0.2, 0.25) is 0 Å². The Bertz CT molecular complexity index is 780. The highest BCUT2D eigenvalue weighted by Crippen LogP contribution is 2.29. The number of carbonyl (C=O) groups excluding carboxylic acids is 2. The molecule has 0 unspecified atom stereocenters. The van der Waals surface area contributed by atoms with Crippen LogP contribution in [0.1, 0.15) is 32.7 Å². The number of ether oxygens (including phenoxy) is 2. The molecule has 25 heavy (non-hydrogen) atoms. The highest BCUT2D eigenvalue weighted by molar-refractivity contribution is 6.14. The van der Waals surface area contributed by atoms with Gasteiger partial charge < -0.3 is 9.47 Å². The number of alkyl halides is 3. The van der Waals surface area contributed by atoms with Gasteiger partial charge in [0, 0.05) is 11.6 Å². The van der Waals surface area contributed by atoms with Crippen molar-refractivity contribution < 1.29 is 32.2 Å². The molecule has 0 aliphatic carbocycles. The second-order valence-electron chi connectivity index (χ2n) is 5.16. The molecule has 4 nitrogen and oxygen atoms in total. The standard InChI is InChI=1S/C18H15F3O4/c1-24-13-7-8-14(17(9-13)25-2)16(23)10-15(22)11-3-5-12(6-4-11)18(19,20)21/h3-9H,10H2,1-2H3. The Morgan fingerprint density at radius 1 is 0.920 bits per heavy atom. The Balaban J connectivity index is 2.16. The summed E-state index contributed by atoms with van der Waals surface area (Å²) in [6.45, 7) is 0. The van der Waals surface area contributed by atoms with Crippen LogP contribution in [0, 0.1) is 0 Å². The van der Waals surface area contributed by atoms with Crippen molar-refractivity contribution in [1.82, 2.24) is 0 Å². The maximum Gasteiger partial charge on any atom is 0.416 e. The zero-order valence-electron chi connectivity index (χ0n) is 13.5. The summed E-state index contributed by atoms with van der Waals surface area (Å²) in [7, 11) is 2.84. The monoisotopic (exact) mass is 352 g/mol. The lowest BCUT2D eigenvalue weighted by Gasteiger charge is -2.10. The number of halogens is 3. The van der Waals surface area contributed by atoms with E-state index in [9.17, 15) is 22.8 Å². The van der Waals surface area contributed by atoms with Gasteiger partial charge in [-0.15, -0.1) is 0 Å². The topological polar surface area (TPSA) is 52.6 Å². The molecule has 0 aliphatic rings. The van der Waals surface area contributed by atoms with Gasteiger partial charge in [0.05, 0.1) is 31.8 Å². The number of hydrogen-bond acceptors (Lipinski definition) is 4. The van der Waals surface area contributed by atoms with Gasteiger partial charge in [0.25, 0.3) is 0 Å². The van der Waals surface area contributed by atoms with Crippen LogP contribution in [-0.2, 0) is 6.18 Å². The van der Waals surface area contributed by atoms with E-state index in [1.807, 2.05) is 0 Å². The van der Waals surface area contributed by atoms with Crippen LogP contribution in [0.5, 0.6) is 11.5 Å². The molecule has 2 rings (SSSR count).